The third-order valence-electron chi connectivity index (χ3n) is 3.14. The maximum Gasteiger partial charge on any atom is 0.191 e. The van der Waals surface area contributed by atoms with E-state index in [9.17, 15) is 4.79 Å². The minimum atomic E-state index is -0.0999. The molecule has 0 unspecified atom stereocenters. The summed E-state index contributed by atoms with van der Waals surface area (Å²) in [6.07, 6.45) is 6.58. The molecule has 0 saturated heterocycles. The average Bonchev–Trinajstić information content (AvgIpc) is 2.76. The fourth-order valence-electron chi connectivity index (χ4n) is 2.13. The Bertz CT molecular complexity index is 804. The van der Waals surface area contributed by atoms with E-state index in [-0.39, 0.29) is 5.43 Å². The third-order valence-corrected chi connectivity index (χ3v) is 3.14. The molecule has 0 aliphatic heterocycles. The number of H-pyrrole nitrogens is 1. The highest BCUT2D eigenvalue weighted by Crippen LogP contribution is 2.33. The van der Waals surface area contributed by atoms with Gasteiger partial charge in [-0.2, -0.15) is 5.10 Å². The Hall–Kier alpha value is -2.89. The lowest BCUT2D eigenvalue weighted by Crippen LogP contribution is -2.04. The zero-order valence-electron chi connectivity index (χ0n) is 10.9. The first-order valence-electron chi connectivity index (χ1n) is 6.09. The van der Waals surface area contributed by atoms with Crippen molar-refractivity contribution in [3.63, 3.8) is 0 Å². The van der Waals surface area contributed by atoms with Crippen LogP contribution in [0, 0.1) is 0 Å². The SMILES string of the molecule is Cn1nc(-c2c[nH]ccc2=O)c(-c2ccncc2)c1N. The summed E-state index contributed by atoms with van der Waals surface area (Å²) in [5.74, 6) is 0.509. The monoisotopic (exact) mass is 267 g/mol. The van der Waals surface area contributed by atoms with Gasteiger partial charge in [0.25, 0.3) is 0 Å². The van der Waals surface area contributed by atoms with Gasteiger partial charge in [0, 0.05) is 37.9 Å². The molecule has 0 aliphatic carbocycles. The molecule has 6 heteroatoms. The molecule has 3 aromatic heterocycles. The van der Waals surface area contributed by atoms with Crippen LogP contribution in [0.1, 0.15) is 0 Å². The maximum absolute atomic E-state index is 12.0. The van der Waals surface area contributed by atoms with E-state index in [1.807, 2.05) is 12.1 Å². The van der Waals surface area contributed by atoms with Gasteiger partial charge in [-0.25, -0.2) is 0 Å². The first-order chi connectivity index (χ1) is 9.68. The van der Waals surface area contributed by atoms with Gasteiger partial charge in [0.05, 0.1) is 11.1 Å². The number of nitrogens with zero attached hydrogens (tertiary/aromatic N) is 3. The zero-order chi connectivity index (χ0) is 14.1. The summed E-state index contributed by atoms with van der Waals surface area (Å²) in [5.41, 5.74) is 8.67. The summed E-state index contributed by atoms with van der Waals surface area (Å²) in [5, 5.41) is 4.37. The zero-order valence-corrected chi connectivity index (χ0v) is 10.9. The lowest BCUT2D eigenvalue weighted by Gasteiger charge is -2.03. The van der Waals surface area contributed by atoms with Gasteiger partial charge in [-0.05, 0) is 17.7 Å². The summed E-state index contributed by atoms with van der Waals surface area (Å²) in [6.45, 7) is 0. The van der Waals surface area contributed by atoms with Crippen LogP contribution >= 0.6 is 0 Å². The number of nitrogens with one attached hydrogen (secondary N) is 1. The van der Waals surface area contributed by atoms with Crippen LogP contribution in [0.25, 0.3) is 22.4 Å². The Labute approximate surface area is 114 Å². The molecule has 20 heavy (non-hydrogen) atoms. The highest BCUT2D eigenvalue weighted by molar-refractivity contribution is 5.87. The molecule has 0 aromatic carbocycles. The highest BCUT2D eigenvalue weighted by Gasteiger charge is 2.18. The van der Waals surface area contributed by atoms with Crippen molar-refractivity contribution >= 4 is 5.82 Å². The molecule has 0 radical (unpaired) electrons. The second-order valence-corrected chi connectivity index (χ2v) is 4.39. The number of aromatic nitrogens is 4. The summed E-state index contributed by atoms with van der Waals surface area (Å²) in [4.78, 5) is 18.9. The minimum Gasteiger partial charge on any atom is -0.383 e. The molecular weight excluding hydrogens is 254 g/mol. The van der Waals surface area contributed by atoms with Crippen molar-refractivity contribution in [3.05, 3.63) is 53.2 Å². The van der Waals surface area contributed by atoms with E-state index in [0.717, 1.165) is 11.1 Å². The van der Waals surface area contributed by atoms with E-state index in [4.69, 9.17) is 5.73 Å². The number of aromatic amines is 1. The smallest absolute Gasteiger partial charge is 0.191 e. The molecule has 0 spiro atoms. The molecule has 0 saturated carbocycles. The van der Waals surface area contributed by atoms with Crippen molar-refractivity contribution in [2.75, 3.05) is 5.73 Å². The van der Waals surface area contributed by atoms with Gasteiger partial charge in [0.15, 0.2) is 5.43 Å². The molecular formula is C14H13N5O. The Balaban J connectivity index is 2.31. The van der Waals surface area contributed by atoms with Crippen LogP contribution in [0.15, 0.2) is 47.8 Å². The summed E-state index contributed by atoms with van der Waals surface area (Å²) >= 11 is 0. The largest absolute Gasteiger partial charge is 0.383 e. The second-order valence-electron chi connectivity index (χ2n) is 4.39. The predicted molar refractivity (Wildman–Crippen MR) is 76.9 cm³/mol. The Morgan fingerprint density at radius 2 is 2.00 bits per heavy atom. The normalized spacial score (nSPS) is 10.7. The van der Waals surface area contributed by atoms with Crippen LogP contribution in [0.4, 0.5) is 5.82 Å². The van der Waals surface area contributed by atoms with E-state index >= 15 is 0 Å². The van der Waals surface area contributed by atoms with Gasteiger partial charge < -0.3 is 10.7 Å². The van der Waals surface area contributed by atoms with Crippen LogP contribution in [0.2, 0.25) is 0 Å². The lowest BCUT2D eigenvalue weighted by atomic mass is 10.0. The van der Waals surface area contributed by atoms with E-state index < -0.39 is 0 Å². The van der Waals surface area contributed by atoms with E-state index in [1.165, 1.54) is 6.07 Å². The maximum atomic E-state index is 12.0. The van der Waals surface area contributed by atoms with E-state index in [1.54, 1.807) is 36.5 Å². The fraction of sp³-hybridized carbons (Fsp3) is 0.0714. The number of hydrogen-bond acceptors (Lipinski definition) is 4. The standard InChI is InChI=1S/C14H13N5O/c1-19-14(15)12(9-2-5-16-6-3-9)13(18-19)10-8-17-7-4-11(10)20/h2-8H,15H2,1H3,(H,17,20). The van der Waals surface area contributed by atoms with Crippen molar-refractivity contribution in [3.8, 4) is 22.4 Å². The molecule has 6 nitrogen and oxygen atoms in total. The number of anilines is 1. The quantitative estimate of drug-likeness (QED) is 0.734. The van der Waals surface area contributed by atoms with Crippen molar-refractivity contribution in [2.24, 2.45) is 7.05 Å². The van der Waals surface area contributed by atoms with Gasteiger partial charge in [0.2, 0.25) is 0 Å². The number of nitrogens with two attached hydrogens (primary N) is 1. The molecule has 0 amide bonds. The highest BCUT2D eigenvalue weighted by atomic mass is 16.1. The first-order valence-corrected chi connectivity index (χ1v) is 6.09. The summed E-state index contributed by atoms with van der Waals surface area (Å²) in [6, 6.07) is 5.15. The van der Waals surface area contributed by atoms with Gasteiger partial charge in [-0.1, -0.05) is 0 Å². The number of rotatable bonds is 2. The summed E-state index contributed by atoms with van der Waals surface area (Å²) < 4.78 is 1.57. The van der Waals surface area contributed by atoms with Crippen molar-refractivity contribution < 1.29 is 0 Å². The Kier molecular flexibility index (Phi) is 2.83. The van der Waals surface area contributed by atoms with Crippen LogP contribution < -0.4 is 11.2 Å². The first kappa shape index (κ1) is 12.2. The van der Waals surface area contributed by atoms with Crippen LogP contribution in [-0.4, -0.2) is 19.7 Å². The number of pyridine rings is 2. The predicted octanol–water partition coefficient (Wildman–Crippen LogP) is 1.42. The topological polar surface area (TPSA) is 89.6 Å². The Morgan fingerprint density at radius 1 is 1.25 bits per heavy atom. The molecule has 3 rings (SSSR count). The molecule has 0 bridgehead atoms. The fourth-order valence-corrected chi connectivity index (χ4v) is 2.13. The van der Waals surface area contributed by atoms with E-state index in [0.29, 0.717) is 17.1 Å². The summed E-state index contributed by atoms with van der Waals surface area (Å²) in [7, 11) is 1.75. The van der Waals surface area contributed by atoms with Crippen molar-refractivity contribution in [2.45, 2.75) is 0 Å². The number of aryl methyl sites for hydroxylation is 1. The van der Waals surface area contributed by atoms with Crippen LogP contribution in [-0.2, 0) is 7.05 Å². The molecule has 0 fully saturated rings. The van der Waals surface area contributed by atoms with E-state index in [2.05, 4.69) is 15.1 Å². The minimum absolute atomic E-state index is 0.0999. The average molecular weight is 267 g/mol. The third kappa shape index (κ3) is 1.87. The lowest BCUT2D eigenvalue weighted by molar-refractivity contribution is 0.782. The van der Waals surface area contributed by atoms with Crippen LogP contribution in [0.3, 0.4) is 0 Å². The van der Waals surface area contributed by atoms with Crippen molar-refractivity contribution in [1.29, 1.82) is 0 Å². The van der Waals surface area contributed by atoms with Gasteiger partial charge in [-0.3, -0.25) is 14.5 Å². The Morgan fingerprint density at radius 3 is 2.70 bits per heavy atom. The molecule has 3 N–H and O–H groups in total. The second kappa shape index (κ2) is 4.65. The molecule has 3 aromatic rings. The molecule has 0 aliphatic rings. The number of hydrogen-bond donors (Lipinski definition) is 2. The molecule has 100 valence electrons. The van der Waals surface area contributed by atoms with Crippen molar-refractivity contribution in [1.82, 2.24) is 19.7 Å². The number of nitrogen functional groups attached to an aromatic ring is 1. The van der Waals surface area contributed by atoms with Crippen LogP contribution in [0.5, 0.6) is 0 Å². The van der Waals surface area contributed by atoms with Gasteiger partial charge in [0.1, 0.15) is 11.5 Å². The molecule has 0 atom stereocenters. The molecule has 3 heterocycles. The van der Waals surface area contributed by atoms with Gasteiger partial charge >= 0.3 is 0 Å². The van der Waals surface area contributed by atoms with Gasteiger partial charge in [-0.15, -0.1) is 0 Å².